The van der Waals surface area contributed by atoms with Crippen LogP contribution in [0, 0.1) is 0 Å². The third kappa shape index (κ3) is 3.76. The highest BCUT2D eigenvalue weighted by Gasteiger charge is 2.11. The second-order valence-electron chi connectivity index (χ2n) is 5.03. The van der Waals surface area contributed by atoms with Crippen LogP contribution in [0.15, 0.2) is 36.7 Å². The van der Waals surface area contributed by atoms with Gasteiger partial charge >= 0.3 is 0 Å². The number of rotatable bonds is 7. The van der Waals surface area contributed by atoms with Crippen molar-refractivity contribution in [2.45, 2.75) is 45.6 Å². The normalized spacial score (nSPS) is 11.0. The van der Waals surface area contributed by atoms with Crippen LogP contribution in [0.2, 0.25) is 5.02 Å². The van der Waals surface area contributed by atoms with Crippen molar-refractivity contribution in [3.63, 3.8) is 0 Å². The summed E-state index contributed by atoms with van der Waals surface area (Å²) in [5.41, 5.74) is 2.09. The maximum atomic E-state index is 6.15. The summed E-state index contributed by atoms with van der Waals surface area (Å²) in [5.74, 6) is 0. The first-order chi connectivity index (χ1) is 9.74. The van der Waals surface area contributed by atoms with Gasteiger partial charge in [0.2, 0.25) is 0 Å². The zero-order chi connectivity index (χ0) is 14.4. The quantitative estimate of drug-likeness (QED) is 0.786. The highest BCUT2D eigenvalue weighted by Crippen LogP contribution is 2.26. The van der Waals surface area contributed by atoms with Gasteiger partial charge in [-0.2, -0.15) is 5.10 Å². The summed E-state index contributed by atoms with van der Waals surface area (Å²) in [6.45, 7) is 4.44. The fraction of sp³-hybridized carbons (Fsp3) is 0.438. The van der Waals surface area contributed by atoms with Crippen molar-refractivity contribution in [3.05, 3.63) is 41.7 Å². The Kier molecular flexibility index (Phi) is 5.48. The van der Waals surface area contributed by atoms with Gasteiger partial charge in [-0.15, -0.1) is 0 Å². The molecule has 0 aliphatic carbocycles. The van der Waals surface area contributed by atoms with E-state index in [0.29, 0.717) is 6.04 Å². The van der Waals surface area contributed by atoms with Gasteiger partial charge in [0.15, 0.2) is 0 Å². The van der Waals surface area contributed by atoms with Crippen molar-refractivity contribution in [3.8, 4) is 5.69 Å². The standard InChI is InChI=1S/C16H22ClN3/c1-3-6-14(7-4-2)19-15-12-13(17)8-9-16(15)20-11-5-10-18-20/h5,8-12,14,19H,3-4,6-7H2,1-2H3. The average Bonchev–Trinajstić information content (AvgIpc) is 2.93. The Morgan fingerprint density at radius 3 is 2.60 bits per heavy atom. The Bertz CT molecular complexity index is 517. The van der Waals surface area contributed by atoms with E-state index in [1.54, 1.807) is 6.20 Å². The molecule has 0 aliphatic rings. The van der Waals surface area contributed by atoms with E-state index >= 15 is 0 Å². The molecule has 20 heavy (non-hydrogen) atoms. The molecule has 1 aromatic carbocycles. The molecule has 1 aromatic heterocycles. The molecule has 0 saturated heterocycles. The summed E-state index contributed by atoms with van der Waals surface area (Å²) >= 11 is 6.15. The molecular weight excluding hydrogens is 270 g/mol. The summed E-state index contributed by atoms with van der Waals surface area (Å²) in [4.78, 5) is 0. The smallest absolute Gasteiger partial charge is 0.0877 e. The first kappa shape index (κ1) is 14.9. The highest BCUT2D eigenvalue weighted by atomic mass is 35.5. The molecule has 2 aromatic rings. The van der Waals surface area contributed by atoms with E-state index in [1.165, 1.54) is 25.7 Å². The van der Waals surface area contributed by atoms with E-state index in [9.17, 15) is 0 Å². The maximum Gasteiger partial charge on any atom is 0.0877 e. The lowest BCUT2D eigenvalue weighted by molar-refractivity contribution is 0.586. The molecule has 0 fully saturated rings. The molecule has 1 heterocycles. The van der Waals surface area contributed by atoms with E-state index in [0.717, 1.165) is 16.4 Å². The Morgan fingerprint density at radius 1 is 1.25 bits per heavy atom. The van der Waals surface area contributed by atoms with Crippen molar-refractivity contribution < 1.29 is 0 Å². The van der Waals surface area contributed by atoms with Crippen molar-refractivity contribution >= 4 is 17.3 Å². The van der Waals surface area contributed by atoms with Gasteiger partial charge in [-0.1, -0.05) is 38.3 Å². The van der Waals surface area contributed by atoms with Gasteiger partial charge in [0.05, 0.1) is 11.4 Å². The van der Waals surface area contributed by atoms with Crippen LogP contribution < -0.4 is 5.32 Å². The van der Waals surface area contributed by atoms with Gasteiger partial charge in [0, 0.05) is 23.5 Å². The van der Waals surface area contributed by atoms with Gasteiger partial charge < -0.3 is 5.32 Å². The topological polar surface area (TPSA) is 29.9 Å². The van der Waals surface area contributed by atoms with Crippen LogP contribution in [-0.4, -0.2) is 15.8 Å². The average molecular weight is 292 g/mol. The molecule has 0 atom stereocenters. The number of halogens is 1. The Morgan fingerprint density at radius 2 is 2.00 bits per heavy atom. The van der Waals surface area contributed by atoms with E-state index in [2.05, 4.69) is 24.3 Å². The number of hydrogen-bond acceptors (Lipinski definition) is 2. The van der Waals surface area contributed by atoms with Crippen molar-refractivity contribution in [2.75, 3.05) is 5.32 Å². The summed E-state index contributed by atoms with van der Waals surface area (Å²) in [5, 5.41) is 8.69. The number of nitrogens with one attached hydrogen (secondary N) is 1. The molecule has 0 unspecified atom stereocenters. The zero-order valence-electron chi connectivity index (χ0n) is 12.1. The van der Waals surface area contributed by atoms with Crippen LogP contribution in [0.5, 0.6) is 0 Å². The molecule has 0 radical (unpaired) electrons. The van der Waals surface area contributed by atoms with Crippen molar-refractivity contribution in [2.24, 2.45) is 0 Å². The fourth-order valence-electron chi connectivity index (χ4n) is 2.44. The predicted molar refractivity (Wildman–Crippen MR) is 85.8 cm³/mol. The minimum absolute atomic E-state index is 0.484. The van der Waals surface area contributed by atoms with Crippen LogP contribution in [0.3, 0.4) is 0 Å². The molecular formula is C16H22ClN3. The lowest BCUT2D eigenvalue weighted by Gasteiger charge is -2.21. The Labute approximate surface area is 126 Å². The number of anilines is 1. The third-order valence-corrected chi connectivity index (χ3v) is 3.58. The predicted octanol–water partition coefficient (Wildman–Crippen LogP) is 4.91. The first-order valence-electron chi connectivity index (χ1n) is 7.30. The first-order valence-corrected chi connectivity index (χ1v) is 7.68. The number of nitrogens with zero attached hydrogens (tertiary/aromatic N) is 2. The largest absolute Gasteiger partial charge is 0.381 e. The molecule has 0 bridgehead atoms. The number of hydrogen-bond donors (Lipinski definition) is 1. The summed E-state index contributed by atoms with van der Waals surface area (Å²) in [7, 11) is 0. The van der Waals surface area contributed by atoms with E-state index in [1.807, 2.05) is 35.1 Å². The molecule has 4 heteroatoms. The molecule has 3 nitrogen and oxygen atoms in total. The SMILES string of the molecule is CCCC(CCC)Nc1cc(Cl)ccc1-n1cccn1. The second kappa shape index (κ2) is 7.34. The second-order valence-corrected chi connectivity index (χ2v) is 5.47. The van der Waals surface area contributed by atoms with Gasteiger partial charge in [-0.25, -0.2) is 4.68 Å². The van der Waals surface area contributed by atoms with Crippen molar-refractivity contribution in [1.29, 1.82) is 0 Å². The number of benzene rings is 1. The maximum absolute atomic E-state index is 6.15. The van der Waals surface area contributed by atoms with E-state index in [-0.39, 0.29) is 0 Å². The van der Waals surface area contributed by atoms with Crippen molar-refractivity contribution in [1.82, 2.24) is 9.78 Å². The molecule has 2 rings (SSSR count). The van der Waals surface area contributed by atoms with Crippen LogP contribution in [0.4, 0.5) is 5.69 Å². The van der Waals surface area contributed by atoms with Crippen LogP contribution in [-0.2, 0) is 0 Å². The fourth-order valence-corrected chi connectivity index (χ4v) is 2.61. The molecule has 0 saturated carbocycles. The molecule has 108 valence electrons. The van der Waals surface area contributed by atoms with Gasteiger partial charge in [0.25, 0.3) is 0 Å². The minimum atomic E-state index is 0.484. The van der Waals surface area contributed by atoms with E-state index in [4.69, 9.17) is 11.6 Å². The van der Waals surface area contributed by atoms with Crippen LogP contribution >= 0.6 is 11.6 Å². The monoisotopic (exact) mass is 291 g/mol. The minimum Gasteiger partial charge on any atom is -0.381 e. The lowest BCUT2D eigenvalue weighted by atomic mass is 10.1. The molecule has 1 N–H and O–H groups in total. The summed E-state index contributed by atoms with van der Waals surface area (Å²) in [6.07, 6.45) is 8.42. The van der Waals surface area contributed by atoms with Gasteiger partial charge in [-0.3, -0.25) is 0 Å². The van der Waals surface area contributed by atoms with Crippen LogP contribution in [0.1, 0.15) is 39.5 Å². The molecule has 0 aliphatic heterocycles. The van der Waals surface area contributed by atoms with E-state index < -0.39 is 0 Å². The Balaban J connectivity index is 2.27. The van der Waals surface area contributed by atoms with Gasteiger partial charge in [0.1, 0.15) is 0 Å². The van der Waals surface area contributed by atoms with Gasteiger partial charge in [-0.05, 0) is 37.1 Å². The highest BCUT2D eigenvalue weighted by molar-refractivity contribution is 6.31. The summed E-state index contributed by atoms with van der Waals surface area (Å²) in [6, 6.07) is 8.30. The Hall–Kier alpha value is -1.48. The summed E-state index contributed by atoms with van der Waals surface area (Å²) < 4.78 is 1.87. The lowest BCUT2D eigenvalue weighted by Crippen LogP contribution is -2.20. The zero-order valence-corrected chi connectivity index (χ0v) is 12.9. The number of aromatic nitrogens is 2. The van der Waals surface area contributed by atoms with Crippen LogP contribution in [0.25, 0.3) is 5.69 Å². The molecule has 0 spiro atoms. The third-order valence-electron chi connectivity index (χ3n) is 3.34. The molecule has 0 amide bonds.